The lowest BCUT2D eigenvalue weighted by Gasteiger charge is -2.37. The van der Waals surface area contributed by atoms with Crippen LogP contribution in [0.4, 0.5) is 16.2 Å². The van der Waals surface area contributed by atoms with Crippen LogP contribution in [-0.2, 0) is 28.4 Å². The highest BCUT2D eigenvalue weighted by molar-refractivity contribution is 7.92. The maximum atomic E-state index is 13.2. The van der Waals surface area contributed by atoms with Crippen LogP contribution in [-0.4, -0.2) is 98.9 Å². The van der Waals surface area contributed by atoms with Gasteiger partial charge in [0.15, 0.2) is 5.75 Å². The smallest absolute Gasteiger partial charge is 0.418 e. The van der Waals surface area contributed by atoms with Gasteiger partial charge in [0.25, 0.3) is 0 Å². The molecule has 0 bridgehead atoms. The lowest BCUT2D eigenvalue weighted by Crippen LogP contribution is -2.52. The number of anilines is 2. The predicted molar refractivity (Wildman–Crippen MR) is 180 cm³/mol. The number of benzene rings is 2. The van der Waals surface area contributed by atoms with E-state index in [1.54, 1.807) is 12.1 Å². The van der Waals surface area contributed by atoms with E-state index in [2.05, 4.69) is 25.9 Å². The minimum atomic E-state index is -3.60. The molecule has 2 saturated heterocycles. The molecule has 2 amide bonds. The van der Waals surface area contributed by atoms with Crippen molar-refractivity contribution < 1.29 is 27.5 Å². The molecule has 2 aliphatic heterocycles. The molecule has 0 spiro atoms. The van der Waals surface area contributed by atoms with Crippen LogP contribution < -0.4 is 19.5 Å². The molecule has 250 valence electrons. The third kappa shape index (κ3) is 7.42. The number of likely N-dealkylation sites (tertiary alicyclic amines) is 1. The topological polar surface area (TPSA) is 125 Å². The average Bonchev–Trinajstić information content (AvgIpc) is 3.58. The number of hydrogen-bond acceptors (Lipinski definition) is 8. The summed E-state index contributed by atoms with van der Waals surface area (Å²) >= 11 is 0. The van der Waals surface area contributed by atoms with E-state index in [-0.39, 0.29) is 29.3 Å². The van der Waals surface area contributed by atoms with Crippen LogP contribution in [0.15, 0.2) is 36.4 Å². The molecule has 3 heterocycles. The van der Waals surface area contributed by atoms with Crippen molar-refractivity contribution in [1.29, 1.82) is 0 Å². The van der Waals surface area contributed by atoms with Crippen molar-refractivity contribution in [1.82, 2.24) is 19.3 Å². The fourth-order valence-electron chi connectivity index (χ4n) is 6.49. The minimum absolute atomic E-state index is 0.00965. The van der Waals surface area contributed by atoms with E-state index in [4.69, 9.17) is 9.47 Å². The summed E-state index contributed by atoms with van der Waals surface area (Å²) in [5.41, 5.74) is 3.45. The van der Waals surface area contributed by atoms with Gasteiger partial charge in [-0.15, -0.1) is 0 Å². The largest absolute Gasteiger partial charge is 0.492 e. The van der Waals surface area contributed by atoms with Gasteiger partial charge in [-0.2, -0.15) is 0 Å². The van der Waals surface area contributed by atoms with Gasteiger partial charge in [-0.25, -0.2) is 13.2 Å². The van der Waals surface area contributed by atoms with E-state index in [1.807, 2.05) is 55.6 Å². The zero-order valence-corrected chi connectivity index (χ0v) is 28.4. The zero-order valence-electron chi connectivity index (χ0n) is 27.6. The normalized spacial score (nSPS) is 18.5. The minimum Gasteiger partial charge on any atom is -0.492 e. The van der Waals surface area contributed by atoms with Crippen LogP contribution in [0.3, 0.4) is 0 Å². The fourth-order valence-corrected chi connectivity index (χ4v) is 7.04. The highest BCUT2D eigenvalue weighted by atomic mass is 32.2. The number of ether oxygens (including phenoxy) is 2. The van der Waals surface area contributed by atoms with Crippen LogP contribution in [0.2, 0.25) is 0 Å². The van der Waals surface area contributed by atoms with Gasteiger partial charge in [0.2, 0.25) is 21.8 Å². The first-order valence-corrected chi connectivity index (χ1v) is 17.7. The first-order chi connectivity index (χ1) is 21.9. The Balaban J connectivity index is 1.30. The molecule has 46 heavy (non-hydrogen) atoms. The number of hydrogen-bond donors (Lipinski definition) is 2. The Morgan fingerprint density at radius 1 is 1.04 bits per heavy atom. The van der Waals surface area contributed by atoms with Gasteiger partial charge in [-0.3, -0.25) is 24.6 Å². The second-order valence-corrected chi connectivity index (χ2v) is 14.2. The summed E-state index contributed by atoms with van der Waals surface area (Å²) in [7, 11) is 1.71. The molecule has 1 unspecified atom stereocenters. The number of rotatable bonds is 10. The molecule has 2 fully saturated rings. The monoisotopic (exact) mass is 654 g/mol. The number of nitrogens with zero attached hydrogens (tertiary/aromatic N) is 4. The Hall–Kier alpha value is -3.81. The Morgan fingerprint density at radius 2 is 1.76 bits per heavy atom. The van der Waals surface area contributed by atoms with E-state index in [0.717, 1.165) is 67.2 Å². The van der Waals surface area contributed by atoms with Gasteiger partial charge < -0.3 is 18.9 Å². The number of amides is 2. The first-order valence-electron chi connectivity index (χ1n) is 15.9. The lowest BCUT2D eigenvalue weighted by atomic mass is 9.97. The van der Waals surface area contributed by atoms with Crippen molar-refractivity contribution in [2.24, 2.45) is 7.05 Å². The number of methoxy groups -OCH3 is 1. The lowest BCUT2D eigenvalue weighted by molar-refractivity contribution is -0.137. The van der Waals surface area contributed by atoms with Crippen molar-refractivity contribution in [2.45, 2.75) is 51.6 Å². The van der Waals surface area contributed by atoms with Crippen LogP contribution in [0.1, 0.15) is 50.2 Å². The van der Waals surface area contributed by atoms with Gasteiger partial charge >= 0.3 is 6.09 Å². The molecule has 2 N–H and O–H groups in total. The molecular formula is C33H46N6O6S. The van der Waals surface area contributed by atoms with Gasteiger partial charge in [-0.1, -0.05) is 32.0 Å². The standard InChI is InChI=1S/C33H46N6O6S/c1-7-22(2)25-18-26(31(44-5)27(19-25)35-46(6,42)43)34-33(41)45-29-20-23-10-8-11-24(30(23)37(29)4)21-38-14-16-39(17-15-38)32(40)28-12-9-13-36(28)3/h8,10-11,18-20,22,28,35H,7,9,12-17,21H2,1-6H3,(H,34,41)/t22?,28-/m0/s1. The number of aryl methyl sites for hydroxylation is 1. The van der Waals surface area contributed by atoms with Crippen molar-refractivity contribution in [2.75, 3.05) is 63.2 Å². The second-order valence-electron chi connectivity index (χ2n) is 12.5. The molecule has 0 aliphatic carbocycles. The number of carbonyl (C=O) groups excluding carboxylic acids is 2. The van der Waals surface area contributed by atoms with Gasteiger partial charge in [0.1, 0.15) is 0 Å². The number of carbonyl (C=O) groups is 2. The quantitative estimate of drug-likeness (QED) is 0.329. The number of sulfonamides is 1. The van der Waals surface area contributed by atoms with Crippen molar-refractivity contribution in [3.8, 4) is 11.6 Å². The van der Waals surface area contributed by atoms with E-state index in [1.165, 1.54) is 7.11 Å². The first kappa shape index (κ1) is 33.6. The molecule has 2 atom stereocenters. The number of likely N-dealkylation sites (N-methyl/N-ethyl adjacent to an activating group) is 1. The van der Waals surface area contributed by atoms with E-state index < -0.39 is 16.1 Å². The molecule has 0 radical (unpaired) electrons. The van der Waals surface area contributed by atoms with Crippen molar-refractivity contribution in [3.63, 3.8) is 0 Å². The molecule has 13 heteroatoms. The Kier molecular flexibility index (Phi) is 10.1. The molecule has 1 aromatic heterocycles. The number of para-hydroxylation sites is 1. The highest BCUT2D eigenvalue weighted by Gasteiger charge is 2.33. The molecular weight excluding hydrogens is 608 g/mol. The molecule has 12 nitrogen and oxygen atoms in total. The Labute approximate surface area is 271 Å². The summed E-state index contributed by atoms with van der Waals surface area (Å²) in [6.07, 6.45) is 3.16. The fraction of sp³-hybridized carbons (Fsp3) is 0.515. The van der Waals surface area contributed by atoms with Crippen LogP contribution in [0.25, 0.3) is 10.9 Å². The summed E-state index contributed by atoms with van der Waals surface area (Å²) < 4.78 is 39.8. The average molecular weight is 655 g/mol. The van der Waals surface area contributed by atoms with E-state index in [0.29, 0.717) is 31.2 Å². The second kappa shape index (κ2) is 13.9. The van der Waals surface area contributed by atoms with Gasteiger partial charge in [0, 0.05) is 51.2 Å². The highest BCUT2D eigenvalue weighted by Crippen LogP contribution is 2.38. The Morgan fingerprint density at radius 3 is 2.39 bits per heavy atom. The van der Waals surface area contributed by atoms with E-state index in [9.17, 15) is 18.0 Å². The van der Waals surface area contributed by atoms with Crippen LogP contribution in [0.5, 0.6) is 11.6 Å². The summed E-state index contributed by atoms with van der Waals surface area (Å²) in [4.78, 5) is 32.8. The predicted octanol–water partition coefficient (Wildman–Crippen LogP) is 4.42. The maximum Gasteiger partial charge on any atom is 0.418 e. The summed E-state index contributed by atoms with van der Waals surface area (Å²) in [6, 6.07) is 11.4. The molecule has 2 aromatic carbocycles. The third-order valence-corrected chi connectivity index (χ3v) is 9.80. The number of aromatic nitrogens is 1. The molecule has 0 saturated carbocycles. The van der Waals surface area contributed by atoms with Crippen LogP contribution >= 0.6 is 0 Å². The SMILES string of the molecule is CCC(C)c1cc(NC(=O)Oc2cc3cccc(CN4CCN(C(=O)[C@@H]5CCCN5C)CC4)c3n2C)c(OC)c(NS(C)(=O)=O)c1. The van der Waals surface area contributed by atoms with Crippen LogP contribution in [0, 0.1) is 0 Å². The molecule has 5 rings (SSSR count). The summed E-state index contributed by atoms with van der Waals surface area (Å²) in [6.45, 7) is 8.76. The molecule has 2 aliphatic rings. The zero-order chi connectivity index (χ0) is 33.2. The number of nitrogens with one attached hydrogen (secondary N) is 2. The Bertz CT molecular complexity index is 1700. The van der Waals surface area contributed by atoms with E-state index >= 15 is 0 Å². The summed E-state index contributed by atoms with van der Waals surface area (Å²) in [5, 5.41) is 3.71. The molecule has 3 aromatic rings. The summed E-state index contributed by atoms with van der Waals surface area (Å²) in [5.74, 6) is 0.904. The van der Waals surface area contributed by atoms with Gasteiger partial charge in [-0.05, 0) is 62.0 Å². The number of piperazine rings is 1. The number of fused-ring (bicyclic) bond motifs is 1. The third-order valence-electron chi connectivity index (χ3n) is 9.21. The van der Waals surface area contributed by atoms with Crippen molar-refractivity contribution in [3.05, 3.63) is 47.5 Å². The van der Waals surface area contributed by atoms with Crippen molar-refractivity contribution >= 4 is 44.3 Å². The maximum absolute atomic E-state index is 13.2. The van der Waals surface area contributed by atoms with Gasteiger partial charge in [0.05, 0.1) is 36.3 Å².